The van der Waals surface area contributed by atoms with Gasteiger partial charge in [0, 0.05) is 19.1 Å². The first-order valence-corrected chi connectivity index (χ1v) is 6.31. The highest BCUT2D eigenvalue weighted by Crippen LogP contribution is 2.26. The number of hydrogen-bond donors (Lipinski definition) is 0. The zero-order valence-electron chi connectivity index (χ0n) is 10.9. The van der Waals surface area contributed by atoms with Gasteiger partial charge in [-0.15, -0.1) is 0 Å². The van der Waals surface area contributed by atoms with Crippen molar-refractivity contribution in [1.82, 2.24) is 14.9 Å². The van der Waals surface area contributed by atoms with E-state index in [-0.39, 0.29) is 5.15 Å². The lowest BCUT2D eigenvalue weighted by Gasteiger charge is -2.22. The summed E-state index contributed by atoms with van der Waals surface area (Å²) in [6, 6.07) is 0.485. The van der Waals surface area contributed by atoms with Gasteiger partial charge in [-0.3, -0.25) is 4.79 Å². The second-order valence-electron chi connectivity index (χ2n) is 4.77. The quantitative estimate of drug-likeness (QED) is 0.613. The molecule has 1 unspecified atom stereocenters. The van der Waals surface area contributed by atoms with E-state index in [1.807, 2.05) is 0 Å². The van der Waals surface area contributed by atoms with Crippen LogP contribution in [0.1, 0.15) is 22.6 Å². The van der Waals surface area contributed by atoms with Crippen molar-refractivity contribution in [3.63, 3.8) is 0 Å². The van der Waals surface area contributed by atoms with Crippen LogP contribution in [0.4, 0.5) is 5.82 Å². The fraction of sp³-hybridized carbons (Fsp3) is 0.583. The van der Waals surface area contributed by atoms with Gasteiger partial charge in [0.15, 0.2) is 6.29 Å². The van der Waals surface area contributed by atoms with E-state index < -0.39 is 0 Å². The molecule has 0 amide bonds. The Bertz CT molecular complexity index is 464. The van der Waals surface area contributed by atoms with Crippen LogP contribution < -0.4 is 4.90 Å². The van der Waals surface area contributed by atoms with Crippen molar-refractivity contribution < 1.29 is 4.79 Å². The van der Waals surface area contributed by atoms with Crippen molar-refractivity contribution in [3.05, 3.63) is 16.5 Å². The Morgan fingerprint density at radius 3 is 2.72 bits per heavy atom. The summed E-state index contributed by atoms with van der Waals surface area (Å²) < 4.78 is 0. The molecule has 0 aliphatic carbocycles. The van der Waals surface area contributed by atoms with Crippen molar-refractivity contribution in [1.29, 1.82) is 0 Å². The van der Waals surface area contributed by atoms with E-state index in [1.165, 1.54) is 0 Å². The van der Waals surface area contributed by atoms with Gasteiger partial charge in [0.2, 0.25) is 0 Å². The number of nitrogens with zero attached hydrogens (tertiary/aromatic N) is 4. The van der Waals surface area contributed by atoms with Crippen LogP contribution in [-0.4, -0.2) is 54.4 Å². The van der Waals surface area contributed by atoms with E-state index in [2.05, 4.69) is 33.9 Å². The van der Waals surface area contributed by atoms with Crippen molar-refractivity contribution in [2.45, 2.75) is 19.4 Å². The Morgan fingerprint density at radius 1 is 1.44 bits per heavy atom. The zero-order valence-corrected chi connectivity index (χ0v) is 11.6. The Balaban J connectivity index is 2.31. The monoisotopic (exact) mass is 268 g/mol. The lowest BCUT2D eigenvalue weighted by Crippen LogP contribution is -2.32. The van der Waals surface area contributed by atoms with E-state index in [0.29, 0.717) is 23.2 Å². The maximum atomic E-state index is 11.1. The maximum Gasteiger partial charge on any atom is 0.156 e. The van der Waals surface area contributed by atoms with Crippen LogP contribution in [0.25, 0.3) is 0 Å². The van der Waals surface area contributed by atoms with Gasteiger partial charge < -0.3 is 9.80 Å². The number of carbonyl (C=O) groups excluding carboxylic acids is 1. The van der Waals surface area contributed by atoms with Crippen molar-refractivity contribution in [3.8, 4) is 0 Å². The number of hydrogen-bond acceptors (Lipinski definition) is 5. The Labute approximate surface area is 112 Å². The molecule has 2 heterocycles. The minimum atomic E-state index is 0.237. The minimum absolute atomic E-state index is 0.237. The topological polar surface area (TPSA) is 49.3 Å². The Hall–Kier alpha value is -1.20. The molecule has 1 aliphatic heterocycles. The van der Waals surface area contributed by atoms with Crippen LogP contribution in [0.3, 0.4) is 0 Å². The fourth-order valence-electron chi connectivity index (χ4n) is 2.23. The summed E-state index contributed by atoms with van der Waals surface area (Å²) in [6.07, 6.45) is 1.80. The van der Waals surface area contributed by atoms with Gasteiger partial charge in [0.25, 0.3) is 0 Å². The number of aromatic nitrogens is 2. The first-order chi connectivity index (χ1) is 8.52. The Kier molecular flexibility index (Phi) is 3.82. The van der Waals surface area contributed by atoms with E-state index >= 15 is 0 Å². The standard InChI is InChI=1S/C12H17ClN4O/c1-8-14-11(13)10(7-18)12(15-8)17-5-4-9(6-17)16(2)3/h7,9H,4-6H2,1-3H3. The van der Waals surface area contributed by atoms with Gasteiger partial charge >= 0.3 is 0 Å². The van der Waals surface area contributed by atoms with E-state index in [1.54, 1.807) is 6.92 Å². The number of halogens is 1. The highest BCUT2D eigenvalue weighted by molar-refractivity contribution is 6.32. The van der Waals surface area contributed by atoms with Crippen LogP contribution in [-0.2, 0) is 0 Å². The van der Waals surface area contributed by atoms with E-state index in [0.717, 1.165) is 25.8 Å². The predicted octanol–water partition coefficient (Wildman–Crippen LogP) is 1.39. The van der Waals surface area contributed by atoms with Crippen molar-refractivity contribution in [2.24, 2.45) is 0 Å². The summed E-state index contributed by atoms with van der Waals surface area (Å²) in [4.78, 5) is 23.8. The summed E-state index contributed by atoms with van der Waals surface area (Å²) in [5.41, 5.74) is 0.390. The smallest absolute Gasteiger partial charge is 0.156 e. The zero-order chi connectivity index (χ0) is 13.3. The summed E-state index contributed by atoms with van der Waals surface area (Å²) in [7, 11) is 4.13. The van der Waals surface area contributed by atoms with Crippen LogP contribution in [0, 0.1) is 6.92 Å². The third-order valence-electron chi connectivity index (χ3n) is 3.30. The third-order valence-corrected chi connectivity index (χ3v) is 3.59. The Morgan fingerprint density at radius 2 is 2.17 bits per heavy atom. The lowest BCUT2D eigenvalue weighted by atomic mass is 10.2. The molecule has 1 aromatic heterocycles. The molecule has 1 saturated heterocycles. The SMILES string of the molecule is Cc1nc(Cl)c(C=O)c(N2CCC(N(C)C)C2)n1. The molecule has 1 aromatic rings. The van der Waals surface area contributed by atoms with Gasteiger partial charge in [-0.1, -0.05) is 11.6 Å². The molecule has 1 fully saturated rings. The lowest BCUT2D eigenvalue weighted by molar-refractivity contribution is 0.112. The summed E-state index contributed by atoms with van der Waals surface area (Å²) >= 11 is 5.99. The molecule has 98 valence electrons. The number of aryl methyl sites for hydroxylation is 1. The summed E-state index contributed by atoms with van der Waals surface area (Å²) in [6.45, 7) is 3.53. The van der Waals surface area contributed by atoms with Crippen LogP contribution in [0.2, 0.25) is 5.15 Å². The van der Waals surface area contributed by atoms with Gasteiger partial charge in [-0.2, -0.15) is 0 Å². The molecular formula is C12H17ClN4O. The molecule has 1 aliphatic rings. The van der Waals surface area contributed by atoms with Crippen LogP contribution in [0.5, 0.6) is 0 Å². The number of rotatable bonds is 3. The second kappa shape index (κ2) is 5.20. The highest BCUT2D eigenvalue weighted by Gasteiger charge is 2.27. The molecular weight excluding hydrogens is 252 g/mol. The summed E-state index contributed by atoms with van der Waals surface area (Å²) in [5, 5.41) is 0.237. The van der Waals surface area contributed by atoms with Crippen LogP contribution >= 0.6 is 11.6 Å². The number of aldehydes is 1. The average molecular weight is 269 g/mol. The first kappa shape index (κ1) is 13.2. The minimum Gasteiger partial charge on any atom is -0.354 e. The largest absolute Gasteiger partial charge is 0.354 e. The normalized spacial score (nSPS) is 19.6. The fourth-order valence-corrected chi connectivity index (χ4v) is 2.48. The maximum absolute atomic E-state index is 11.1. The van der Waals surface area contributed by atoms with Crippen molar-refractivity contribution >= 4 is 23.7 Å². The molecule has 0 aromatic carbocycles. The third kappa shape index (κ3) is 2.47. The van der Waals surface area contributed by atoms with E-state index in [4.69, 9.17) is 11.6 Å². The number of carbonyl (C=O) groups is 1. The first-order valence-electron chi connectivity index (χ1n) is 5.93. The van der Waals surface area contributed by atoms with Crippen LogP contribution in [0.15, 0.2) is 0 Å². The molecule has 0 bridgehead atoms. The van der Waals surface area contributed by atoms with Gasteiger partial charge in [-0.05, 0) is 27.4 Å². The molecule has 5 nitrogen and oxygen atoms in total. The highest BCUT2D eigenvalue weighted by atomic mass is 35.5. The molecule has 0 spiro atoms. The average Bonchev–Trinajstić information content (AvgIpc) is 2.77. The van der Waals surface area contributed by atoms with Gasteiger partial charge in [-0.25, -0.2) is 9.97 Å². The van der Waals surface area contributed by atoms with Gasteiger partial charge in [0.05, 0.1) is 5.56 Å². The summed E-state index contributed by atoms with van der Waals surface area (Å²) in [5.74, 6) is 1.25. The molecule has 0 saturated carbocycles. The molecule has 0 N–H and O–H groups in total. The van der Waals surface area contributed by atoms with E-state index in [9.17, 15) is 4.79 Å². The molecule has 0 radical (unpaired) electrons. The molecule has 6 heteroatoms. The predicted molar refractivity (Wildman–Crippen MR) is 71.5 cm³/mol. The molecule has 2 rings (SSSR count). The molecule has 18 heavy (non-hydrogen) atoms. The second-order valence-corrected chi connectivity index (χ2v) is 5.13. The molecule has 1 atom stereocenters. The number of anilines is 1. The number of likely N-dealkylation sites (N-methyl/N-ethyl adjacent to an activating group) is 1. The van der Waals surface area contributed by atoms with Gasteiger partial charge in [0.1, 0.15) is 16.8 Å². The van der Waals surface area contributed by atoms with Crippen molar-refractivity contribution in [2.75, 3.05) is 32.1 Å².